The molecule has 8 nitrogen and oxygen atoms in total. The minimum atomic E-state index is -1.15. The van der Waals surface area contributed by atoms with E-state index in [4.69, 9.17) is 21.2 Å². The van der Waals surface area contributed by atoms with Gasteiger partial charge in [-0.2, -0.15) is 0 Å². The van der Waals surface area contributed by atoms with E-state index in [1.807, 2.05) is 18.2 Å². The summed E-state index contributed by atoms with van der Waals surface area (Å²) in [6.07, 6.45) is -0.0668. The number of amides is 2. The van der Waals surface area contributed by atoms with Gasteiger partial charge in [0.1, 0.15) is 12.9 Å². The molecule has 1 heterocycles. The van der Waals surface area contributed by atoms with Crippen LogP contribution in [0.2, 0.25) is 5.02 Å². The number of nitrogens with one attached hydrogen (secondary N) is 2. The van der Waals surface area contributed by atoms with Gasteiger partial charge in [0.15, 0.2) is 0 Å². The van der Waals surface area contributed by atoms with Crippen molar-refractivity contribution < 1.29 is 19.2 Å². The van der Waals surface area contributed by atoms with Gasteiger partial charge in [-0.05, 0) is 55.0 Å². The van der Waals surface area contributed by atoms with Gasteiger partial charge in [0.25, 0.3) is 5.91 Å². The van der Waals surface area contributed by atoms with Crippen LogP contribution in [0.25, 0.3) is 0 Å². The van der Waals surface area contributed by atoms with Crippen LogP contribution in [-0.2, 0) is 14.4 Å². The third-order valence-electron chi connectivity index (χ3n) is 5.39. The molecule has 0 radical (unpaired) electrons. The molecule has 3 aromatic carbocycles. The average Bonchev–Trinajstić information content (AvgIpc) is 3.33. The molecule has 0 saturated carbocycles. The first kappa shape index (κ1) is 24.1. The first-order valence-corrected chi connectivity index (χ1v) is 11.5. The minimum Gasteiger partial charge on any atom is -0.431 e. The number of ether oxygens (including phenoxy) is 1. The van der Waals surface area contributed by atoms with E-state index in [0.29, 0.717) is 22.0 Å². The van der Waals surface area contributed by atoms with E-state index in [1.165, 1.54) is 7.11 Å². The summed E-state index contributed by atoms with van der Waals surface area (Å²) in [5, 5.41) is 10.1. The number of hydrogen-bond acceptors (Lipinski definition) is 5. The number of rotatable bonds is 7. The number of hydrogen-bond donors (Lipinski definition) is 2. The Morgan fingerprint density at radius 1 is 0.943 bits per heavy atom. The Morgan fingerprint density at radius 3 is 2.29 bits per heavy atom. The largest absolute Gasteiger partial charge is 0.431 e. The van der Waals surface area contributed by atoms with Gasteiger partial charge in [-0.1, -0.05) is 47.1 Å². The second-order valence-electron chi connectivity index (χ2n) is 7.81. The van der Waals surface area contributed by atoms with Crippen LogP contribution in [0.15, 0.2) is 84.0 Å². The molecular formula is C26H25ClN4O4. The second kappa shape index (κ2) is 11.4. The van der Waals surface area contributed by atoms with Gasteiger partial charge < -0.3 is 19.8 Å². The van der Waals surface area contributed by atoms with E-state index in [1.54, 1.807) is 60.7 Å². The Kier molecular flexibility index (Phi) is 7.84. The Labute approximate surface area is 208 Å². The van der Waals surface area contributed by atoms with Gasteiger partial charge in [0.2, 0.25) is 6.10 Å². The zero-order valence-corrected chi connectivity index (χ0v) is 19.9. The van der Waals surface area contributed by atoms with Crippen molar-refractivity contribution in [2.24, 2.45) is 5.16 Å². The van der Waals surface area contributed by atoms with Gasteiger partial charge in [-0.3, -0.25) is 10.1 Å². The highest BCUT2D eigenvalue weighted by Crippen LogP contribution is 2.26. The van der Waals surface area contributed by atoms with E-state index in [0.717, 1.165) is 30.9 Å². The maximum absolute atomic E-state index is 13.1. The van der Waals surface area contributed by atoms with Crippen LogP contribution >= 0.6 is 11.6 Å². The first-order valence-electron chi connectivity index (χ1n) is 11.1. The molecule has 1 atom stereocenters. The number of halogens is 1. The van der Waals surface area contributed by atoms with Crippen molar-refractivity contribution in [2.75, 3.05) is 29.2 Å². The molecular weight excluding hydrogens is 468 g/mol. The van der Waals surface area contributed by atoms with E-state index in [-0.39, 0.29) is 0 Å². The van der Waals surface area contributed by atoms with E-state index in [9.17, 15) is 9.59 Å². The maximum atomic E-state index is 13.1. The van der Waals surface area contributed by atoms with Crippen molar-refractivity contribution in [3.05, 3.63) is 89.4 Å². The molecule has 0 aliphatic carbocycles. The lowest BCUT2D eigenvalue weighted by Gasteiger charge is -2.20. The van der Waals surface area contributed by atoms with Crippen molar-refractivity contribution in [1.29, 1.82) is 0 Å². The molecule has 2 amide bonds. The van der Waals surface area contributed by atoms with Crippen LogP contribution in [0.4, 0.5) is 21.9 Å². The van der Waals surface area contributed by atoms with Crippen molar-refractivity contribution in [3.63, 3.8) is 0 Å². The summed E-state index contributed by atoms with van der Waals surface area (Å²) in [4.78, 5) is 32.7. The predicted molar refractivity (Wildman–Crippen MR) is 137 cm³/mol. The number of carbonyl (C=O) groups is 2. The molecule has 180 valence electrons. The first-order chi connectivity index (χ1) is 17.0. The molecule has 1 aliphatic heterocycles. The summed E-state index contributed by atoms with van der Waals surface area (Å²) in [7, 11) is 1.53. The van der Waals surface area contributed by atoms with Crippen LogP contribution in [-0.4, -0.2) is 31.5 Å². The van der Waals surface area contributed by atoms with Crippen LogP contribution < -0.4 is 15.5 Å². The molecule has 0 unspecified atom stereocenters. The number of benzene rings is 3. The molecule has 0 aromatic heterocycles. The van der Waals surface area contributed by atoms with Crippen molar-refractivity contribution >= 4 is 46.5 Å². The van der Waals surface area contributed by atoms with Gasteiger partial charge in [0, 0.05) is 40.6 Å². The zero-order chi connectivity index (χ0) is 24.6. The molecule has 1 aliphatic rings. The summed E-state index contributed by atoms with van der Waals surface area (Å²) in [6, 6.07) is 22.8. The number of nitrogens with zero attached hydrogens (tertiary/aromatic N) is 2. The summed E-state index contributed by atoms with van der Waals surface area (Å²) >= 11 is 5.89. The highest BCUT2D eigenvalue weighted by atomic mass is 35.5. The topological polar surface area (TPSA) is 92.3 Å². The number of anilines is 3. The van der Waals surface area contributed by atoms with Crippen LogP contribution in [0.1, 0.15) is 24.5 Å². The Morgan fingerprint density at radius 2 is 1.60 bits per heavy atom. The molecule has 4 rings (SSSR count). The van der Waals surface area contributed by atoms with Crippen molar-refractivity contribution in [2.45, 2.75) is 18.9 Å². The molecule has 3 aromatic rings. The molecule has 35 heavy (non-hydrogen) atoms. The van der Waals surface area contributed by atoms with Crippen molar-refractivity contribution in [1.82, 2.24) is 0 Å². The lowest BCUT2D eigenvalue weighted by molar-refractivity contribution is -0.124. The van der Waals surface area contributed by atoms with Gasteiger partial charge >= 0.3 is 6.09 Å². The maximum Gasteiger partial charge on any atom is 0.412 e. The van der Waals surface area contributed by atoms with Crippen molar-refractivity contribution in [3.8, 4) is 0 Å². The van der Waals surface area contributed by atoms with Crippen LogP contribution in [0.5, 0.6) is 0 Å². The quantitative estimate of drug-likeness (QED) is 0.405. The smallest absolute Gasteiger partial charge is 0.412 e. The SMILES string of the molecule is CO/N=C1/CCCN1c1ccc(NC(=O)[C@H](OC(=O)Nc2ccc(Cl)cc2)c2ccccc2)cc1. The fourth-order valence-corrected chi connectivity index (χ4v) is 3.88. The van der Waals surface area contributed by atoms with Crippen LogP contribution in [0.3, 0.4) is 0 Å². The summed E-state index contributed by atoms with van der Waals surface area (Å²) < 4.78 is 5.52. The lowest BCUT2D eigenvalue weighted by Crippen LogP contribution is -2.28. The molecule has 9 heteroatoms. The highest BCUT2D eigenvalue weighted by molar-refractivity contribution is 6.30. The minimum absolute atomic E-state index is 0.474. The summed E-state index contributed by atoms with van der Waals surface area (Å²) in [6.45, 7) is 0.848. The molecule has 2 N–H and O–H groups in total. The Hall–Kier alpha value is -4.04. The Balaban J connectivity index is 1.46. The monoisotopic (exact) mass is 492 g/mol. The van der Waals surface area contributed by atoms with E-state index < -0.39 is 18.1 Å². The average molecular weight is 493 g/mol. The van der Waals surface area contributed by atoms with E-state index >= 15 is 0 Å². The van der Waals surface area contributed by atoms with Crippen LogP contribution in [0, 0.1) is 0 Å². The number of amidine groups is 1. The summed E-state index contributed by atoms with van der Waals surface area (Å²) in [5.74, 6) is 0.395. The lowest BCUT2D eigenvalue weighted by atomic mass is 10.1. The van der Waals surface area contributed by atoms with Gasteiger partial charge in [0.05, 0.1) is 0 Å². The van der Waals surface area contributed by atoms with Gasteiger partial charge in [-0.25, -0.2) is 4.79 Å². The molecule has 1 fully saturated rings. The number of oxime groups is 1. The third kappa shape index (κ3) is 6.30. The standard InChI is InChI=1S/C26H25ClN4O4/c1-34-30-23-8-5-17-31(23)22-15-13-20(14-16-22)28-25(32)24(18-6-3-2-4-7-18)35-26(33)29-21-11-9-19(27)10-12-21/h2-4,6-7,9-16,24H,5,8,17H2,1H3,(H,28,32)(H,29,33)/b30-23-/t24-/m1/s1. The van der Waals surface area contributed by atoms with E-state index in [2.05, 4.69) is 20.7 Å². The van der Waals surface area contributed by atoms with Gasteiger partial charge in [-0.15, -0.1) is 0 Å². The molecule has 0 spiro atoms. The third-order valence-corrected chi connectivity index (χ3v) is 5.64. The Bertz CT molecular complexity index is 1180. The zero-order valence-electron chi connectivity index (χ0n) is 19.1. The highest BCUT2D eigenvalue weighted by Gasteiger charge is 2.26. The predicted octanol–water partition coefficient (Wildman–Crippen LogP) is 5.83. The molecule has 0 bridgehead atoms. The molecule has 1 saturated heterocycles. The fourth-order valence-electron chi connectivity index (χ4n) is 3.76. The summed E-state index contributed by atoms with van der Waals surface area (Å²) in [5.41, 5.74) is 2.58. The fraction of sp³-hybridized carbons (Fsp3) is 0.192. The normalized spacial score (nSPS) is 14.9. The second-order valence-corrected chi connectivity index (χ2v) is 8.25. The number of carbonyl (C=O) groups excluding carboxylic acids is 2.